The number of rotatable bonds is 6. The van der Waals surface area contributed by atoms with E-state index < -0.39 is 11.7 Å². The minimum atomic E-state index is -0.562. The van der Waals surface area contributed by atoms with Gasteiger partial charge in [0, 0.05) is 6.54 Å². The van der Waals surface area contributed by atoms with Crippen LogP contribution in [-0.2, 0) is 6.54 Å². The molecule has 3 heterocycles. The Bertz CT molecular complexity index is 1040. The summed E-state index contributed by atoms with van der Waals surface area (Å²) >= 11 is 0. The summed E-state index contributed by atoms with van der Waals surface area (Å²) in [7, 11) is 0. The summed E-state index contributed by atoms with van der Waals surface area (Å²) in [6.07, 6.45) is 3.49. The van der Waals surface area contributed by atoms with Crippen LogP contribution in [0.3, 0.4) is 0 Å². The fourth-order valence-electron chi connectivity index (χ4n) is 3.09. The number of nitrogens with two attached hydrogens (primary N) is 1. The summed E-state index contributed by atoms with van der Waals surface area (Å²) in [6, 6.07) is 5.83. The lowest BCUT2D eigenvalue weighted by atomic mass is 10.2. The smallest absolute Gasteiger partial charge is 0.293 e. The molecule has 0 saturated carbocycles. The van der Waals surface area contributed by atoms with E-state index in [1.54, 1.807) is 12.1 Å². The van der Waals surface area contributed by atoms with Crippen molar-refractivity contribution in [2.45, 2.75) is 19.4 Å². The number of carbonyl (C=O) groups excluding carboxylic acids is 1. The Morgan fingerprint density at radius 3 is 2.90 bits per heavy atom. The van der Waals surface area contributed by atoms with Gasteiger partial charge in [-0.25, -0.2) is 14.4 Å². The zero-order valence-corrected chi connectivity index (χ0v) is 15.3. The maximum atomic E-state index is 13.2. The van der Waals surface area contributed by atoms with E-state index in [-0.39, 0.29) is 17.3 Å². The molecule has 1 saturated heterocycles. The van der Waals surface area contributed by atoms with E-state index in [1.807, 2.05) is 0 Å². The van der Waals surface area contributed by atoms with Gasteiger partial charge < -0.3 is 5.73 Å². The van der Waals surface area contributed by atoms with Crippen LogP contribution in [0.1, 0.15) is 34.6 Å². The minimum absolute atomic E-state index is 0.0358. The molecular formula is C17H18FN9O2. The van der Waals surface area contributed by atoms with Crippen LogP contribution in [-0.4, -0.2) is 55.4 Å². The molecule has 1 aliphatic rings. The van der Waals surface area contributed by atoms with Crippen LogP contribution in [0.5, 0.6) is 0 Å². The highest BCUT2D eigenvalue weighted by atomic mass is 19.1. The number of benzene rings is 1. The van der Waals surface area contributed by atoms with Crippen molar-refractivity contribution in [1.82, 2.24) is 35.6 Å². The average Bonchev–Trinajstić information content (AvgIpc) is 3.44. The molecule has 2 aromatic heterocycles. The lowest BCUT2D eigenvalue weighted by Gasteiger charge is -2.15. The van der Waals surface area contributed by atoms with Gasteiger partial charge in [0.2, 0.25) is 11.6 Å². The molecule has 1 aromatic carbocycles. The molecule has 1 fully saturated rings. The summed E-state index contributed by atoms with van der Waals surface area (Å²) in [5.74, 6) is -0.759. The normalized spacial score (nSPS) is 14.7. The second kappa shape index (κ2) is 8.14. The molecule has 0 bridgehead atoms. The zero-order chi connectivity index (χ0) is 20.2. The fourth-order valence-corrected chi connectivity index (χ4v) is 3.09. The van der Waals surface area contributed by atoms with Gasteiger partial charge in [-0.15, -0.1) is 5.10 Å². The molecule has 3 N–H and O–H groups in total. The molecule has 0 aliphatic carbocycles. The Hall–Kier alpha value is -3.67. The summed E-state index contributed by atoms with van der Waals surface area (Å²) in [4.78, 5) is 14.8. The van der Waals surface area contributed by atoms with E-state index >= 15 is 0 Å². The van der Waals surface area contributed by atoms with Gasteiger partial charge in [0.05, 0.1) is 11.9 Å². The quantitative estimate of drug-likeness (QED) is 0.457. The number of hydrazone groups is 1. The summed E-state index contributed by atoms with van der Waals surface area (Å²) in [5, 5.41) is 19.1. The van der Waals surface area contributed by atoms with Crippen molar-refractivity contribution in [2.24, 2.45) is 5.10 Å². The Balaban J connectivity index is 1.57. The standard InChI is InChI=1S/C17H18FN9O2/c18-12-5-3-4-11(8-12)9-20-22-17(28)14-13(10-26-6-1-2-7-26)27(25-21-14)16-15(19)23-29-24-16/h3-5,8-9H,1-2,6-7,10H2,(H2,19,23)(H,22,28). The molecule has 12 heteroatoms. The minimum Gasteiger partial charge on any atom is -0.378 e. The monoisotopic (exact) mass is 399 g/mol. The van der Waals surface area contributed by atoms with Crippen molar-refractivity contribution in [3.05, 3.63) is 47.0 Å². The first-order chi connectivity index (χ1) is 14.1. The molecule has 0 unspecified atom stereocenters. The number of halogens is 1. The predicted octanol–water partition coefficient (Wildman–Crippen LogP) is 0.731. The van der Waals surface area contributed by atoms with E-state index in [9.17, 15) is 9.18 Å². The number of hydrogen-bond donors (Lipinski definition) is 2. The van der Waals surface area contributed by atoms with Crippen LogP contribution < -0.4 is 11.2 Å². The third-order valence-corrected chi connectivity index (χ3v) is 4.47. The third kappa shape index (κ3) is 4.11. The molecule has 1 amide bonds. The number of nitrogens with zero attached hydrogens (tertiary/aromatic N) is 7. The number of nitrogen functional groups attached to an aromatic ring is 1. The number of amides is 1. The van der Waals surface area contributed by atoms with Crippen LogP contribution in [0.4, 0.5) is 10.2 Å². The highest BCUT2D eigenvalue weighted by molar-refractivity contribution is 5.94. The Kier molecular flexibility index (Phi) is 5.24. The maximum Gasteiger partial charge on any atom is 0.293 e. The fraction of sp³-hybridized carbons (Fsp3) is 0.294. The van der Waals surface area contributed by atoms with Crippen LogP contribution >= 0.6 is 0 Å². The third-order valence-electron chi connectivity index (χ3n) is 4.47. The lowest BCUT2D eigenvalue weighted by Crippen LogP contribution is -2.25. The highest BCUT2D eigenvalue weighted by Gasteiger charge is 2.26. The maximum absolute atomic E-state index is 13.2. The second-order valence-corrected chi connectivity index (χ2v) is 6.51. The van der Waals surface area contributed by atoms with Gasteiger partial charge in [0.1, 0.15) is 5.82 Å². The first kappa shape index (κ1) is 18.7. The van der Waals surface area contributed by atoms with E-state index in [0.29, 0.717) is 17.8 Å². The topological polar surface area (TPSA) is 140 Å². The molecule has 0 atom stereocenters. The summed E-state index contributed by atoms with van der Waals surface area (Å²) in [5.41, 5.74) is 9.24. The van der Waals surface area contributed by atoms with Gasteiger partial charge in [-0.2, -0.15) is 9.78 Å². The van der Waals surface area contributed by atoms with Crippen LogP contribution in [0.2, 0.25) is 0 Å². The number of carbonyl (C=O) groups is 1. The van der Waals surface area contributed by atoms with Gasteiger partial charge in [-0.3, -0.25) is 9.69 Å². The van der Waals surface area contributed by atoms with E-state index in [2.05, 4.69) is 40.7 Å². The zero-order valence-electron chi connectivity index (χ0n) is 15.3. The van der Waals surface area contributed by atoms with Crippen molar-refractivity contribution in [1.29, 1.82) is 0 Å². The Morgan fingerprint density at radius 2 is 2.17 bits per heavy atom. The van der Waals surface area contributed by atoms with E-state index in [1.165, 1.54) is 23.0 Å². The number of aromatic nitrogens is 5. The van der Waals surface area contributed by atoms with Gasteiger partial charge in [0.15, 0.2) is 5.69 Å². The number of hydrogen-bond acceptors (Lipinski definition) is 9. The number of likely N-dealkylation sites (tertiary alicyclic amines) is 1. The van der Waals surface area contributed by atoms with Gasteiger partial charge in [-0.1, -0.05) is 17.3 Å². The molecule has 0 spiro atoms. The molecule has 11 nitrogen and oxygen atoms in total. The van der Waals surface area contributed by atoms with Gasteiger partial charge in [0.25, 0.3) is 5.91 Å². The first-order valence-electron chi connectivity index (χ1n) is 8.96. The van der Waals surface area contributed by atoms with Crippen LogP contribution in [0.15, 0.2) is 34.0 Å². The SMILES string of the molecule is Nc1nonc1-n1nnc(C(=O)NN=Cc2cccc(F)c2)c1CN1CCCC1. The number of nitrogens with one attached hydrogen (secondary N) is 1. The highest BCUT2D eigenvalue weighted by Crippen LogP contribution is 2.19. The molecule has 150 valence electrons. The van der Waals surface area contributed by atoms with Crippen molar-refractivity contribution < 1.29 is 13.8 Å². The molecule has 0 radical (unpaired) electrons. The molecular weight excluding hydrogens is 381 g/mol. The Morgan fingerprint density at radius 1 is 1.34 bits per heavy atom. The largest absolute Gasteiger partial charge is 0.378 e. The molecule has 3 aromatic rings. The van der Waals surface area contributed by atoms with Gasteiger partial charge >= 0.3 is 0 Å². The molecule has 4 rings (SSSR count). The Labute approximate surface area is 164 Å². The van der Waals surface area contributed by atoms with Crippen molar-refractivity contribution in [2.75, 3.05) is 18.8 Å². The van der Waals surface area contributed by atoms with Crippen LogP contribution in [0, 0.1) is 5.82 Å². The summed E-state index contributed by atoms with van der Waals surface area (Å²) in [6.45, 7) is 2.22. The molecule has 29 heavy (non-hydrogen) atoms. The van der Waals surface area contributed by atoms with Crippen molar-refractivity contribution in [3.63, 3.8) is 0 Å². The first-order valence-corrected chi connectivity index (χ1v) is 8.96. The molecule has 1 aliphatic heterocycles. The van der Waals surface area contributed by atoms with Crippen molar-refractivity contribution >= 4 is 17.9 Å². The average molecular weight is 399 g/mol. The predicted molar refractivity (Wildman–Crippen MR) is 99.6 cm³/mol. The number of anilines is 1. The van der Waals surface area contributed by atoms with E-state index in [0.717, 1.165) is 25.9 Å². The van der Waals surface area contributed by atoms with Crippen molar-refractivity contribution in [3.8, 4) is 5.82 Å². The summed E-state index contributed by atoms with van der Waals surface area (Å²) < 4.78 is 19.2. The van der Waals surface area contributed by atoms with Crippen LogP contribution in [0.25, 0.3) is 5.82 Å². The van der Waals surface area contributed by atoms with Gasteiger partial charge in [-0.05, 0) is 53.9 Å². The second-order valence-electron chi connectivity index (χ2n) is 6.51. The van der Waals surface area contributed by atoms with E-state index in [4.69, 9.17) is 5.73 Å². The lowest BCUT2D eigenvalue weighted by molar-refractivity contribution is 0.0948.